The van der Waals surface area contributed by atoms with Gasteiger partial charge in [0.2, 0.25) is 0 Å². The molecule has 0 radical (unpaired) electrons. The minimum atomic E-state index is -0.0321. The lowest BCUT2D eigenvalue weighted by molar-refractivity contribution is 1.08. The molecule has 1 atom stereocenters. The SMILES string of the molecule is Cc1cc(C)c(C(Cl)c2csc(I)c2)c(C)c1. The molecule has 0 aliphatic heterocycles. The second kappa shape index (κ2) is 5.29. The zero-order chi connectivity index (χ0) is 12.6. The molecular weight excluding hydrogens is 363 g/mol. The van der Waals surface area contributed by atoms with E-state index in [0.717, 1.165) is 0 Å². The summed E-state index contributed by atoms with van der Waals surface area (Å²) in [6.45, 7) is 6.41. The Labute approximate surface area is 125 Å². The highest BCUT2D eigenvalue weighted by Gasteiger charge is 2.17. The molecule has 0 N–H and O–H groups in total. The molecule has 90 valence electrons. The van der Waals surface area contributed by atoms with Gasteiger partial charge in [-0.05, 0) is 77.1 Å². The number of aryl methyl sites for hydroxylation is 3. The Kier molecular flexibility index (Phi) is 4.16. The first-order valence-corrected chi connectivity index (χ1v) is 7.84. The average molecular weight is 377 g/mol. The largest absolute Gasteiger partial charge is 0.137 e. The molecule has 2 aromatic rings. The van der Waals surface area contributed by atoms with Crippen molar-refractivity contribution in [2.24, 2.45) is 0 Å². The number of hydrogen-bond donors (Lipinski definition) is 0. The van der Waals surface area contributed by atoms with Crippen LogP contribution in [0.3, 0.4) is 0 Å². The molecule has 0 saturated heterocycles. The van der Waals surface area contributed by atoms with Gasteiger partial charge in [0.1, 0.15) is 0 Å². The molecule has 1 aromatic carbocycles. The van der Waals surface area contributed by atoms with Crippen LogP contribution in [0.25, 0.3) is 0 Å². The minimum absolute atomic E-state index is 0.0321. The van der Waals surface area contributed by atoms with E-state index in [4.69, 9.17) is 11.6 Å². The van der Waals surface area contributed by atoms with Crippen molar-refractivity contribution < 1.29 is 0 Å². The lowest BCUT2D eigenvalue weighted by Crippen LogP contribution is -1.99. The molecule has 1 heterocycles. The summed E-state index contributed by atoms with van der Waals surface area (Å²) in [4.78, 5) is 0. The van der Waals surface area contributed by atoms with Gasteiger partial charge in [-0.1, -0.05) is 17.7 Å². The second-order valence-electron chi connectivity index (χ2n) is 4.36. The van der Waals surface area contributed by atoms with Crippen LogP contribution in [0.1, 0.15) is 33.2 Å². The Hall–Kier alpha value is -0.0600. The van der Waals surface area contributed by atoms with E-state index >= 15 is 0 Å². The molecule has 1 aromatic heterocycles. The molecule has 0 spiro atoms. The normalized spacial score (nSPS) is 12.8. The van der Waals surface area contributed by atoms with Crippen LogP contribution in [0.4, 0.5) is 0 Å². The molecule has 17 heavy (non-hydrogen) atoms. The van der Waals surface area contributed by atoms with Crippen molar-refractivity contribution in [3.8, 4) is 0 Å². The van der Waals surface area contributed by atoms with Crippen molar-refractivity contribution in [3.63, 3.8) is 0 Å². The molecule has 2 rings (SSSR count). The van der Waals surface area contributed by atoms with E-state index in [1.54, 1.807) is 11.3 Å². The summed E-state index contributed by atoms with van der Waals surface area (Å²) in [5, 5.41) is 2.12. The summed E-state index contributed by atoms with van der Waals surface area (Å²) < 4.78 is 1.28. The highest BCUT2D eigenvalue weighted by molar-refractivity contribution is 14.1. The van der Waals surface area contributed by atoms with Gasteiger partial charge in [-0.3, -0.25) is 0 Å². The van der Waals surface area contributed by atoms with Crippen molar-refractivity contribution in [3.05, 3.63) is 54.3 Å². The van der Waals surface area contributed by atoms with Gasteiger partial charge >= 0.3 is 0 Å². The number of hydrogen-bond acceptors (Lipinski definition) is 1. The maximum absolute atomic E-state index is 6.61. The van der Waals surface area contributed by atoms with Crippen LogP contribution in [0.5, 0.6) is 0 Å². The van der Waals surface area contributed by atoms with E-state index in [-0.39, 0.29) is 5.38 Å². The van der Waals surface area contributed by atoms with Crippen LogP contribution >= 0.6 is 45.5 Å². The standard InChI is InChI=1S/C14H14ClIS/c1-8-4-9(2)13(10(3)5-8)14(15)11-6-12(16)17-7-11/h4-7,14H,1-3H3. The fourth-order valence-corrected chi connectivity index (χ4v) is 4.16. The van der Waals surface area contributed by atoms with Gasteiger partial charge in [0.25, 0.3) is 0 Å². The fraction of sp³-hybridized carbons (Fsp3) is 0.286. The predicted octanol–water partition coefficient (Wildman–Crippen LogP) is 5.61. The zero-order valence-corrected chi connectivity index (χ0v) is 13.8. The van der Waals surface area contributed by atoms with E-state index in [2.05, 4.69) is 66.9 Å². The number of rotatable bonds is 2. The Balaban J connectivity index is 2.47. The van der Waals surface area contributed by atoms with Crippen LogP contribution in [0, 0.1) is 23.7 Å². The monoisotopic (exact) mass is 376 g/mol. The van der Waals surface area contributed by atoms with Crippen LogP contribution in [-0.4, -0.2) is 0 Å². The van der Waals surface area contributed by atoms with Crippen LogP contribution in [0.2, 0.25) is 0 Å². The third kappa shape index (κ3) is 2.85. The highest BCUT2D eigenvalue weighted by Crippen LogP contribution is 2.36. The van der Waals surface area contributed by atoms with E-state index in [1.807, 2.05) is 0 Å². The molecule has 0 amide bonds. The summed E-state index contributed by atoms with van der Waals surface area (Å²) in [7, 11) is 0. The number of alkyl halides is 1. The molecule has 0 saturated carbocycles. The van der Waals surface area contributed by atoms with E-state index in [1.165, 1.54) is 30.7 Å². The van der Waals surface area contributed by atoms with Gasteiger partial charge in [-0.15, -0.1) is 22.9 Å². The zero-order valence-electron chi connectivity index (χ0n) is 10.1. The smallest absolute Gasteiger partial charge is 0.0848 e. The molecule has 0 nitrogen and oxygen atoms in total. The van der Waals surface area contributed by atoms with Gasteiger partial charge in [-0.25, -0.2) is 0 Å². The van der Waals surface area contributed by atoms with Crippen molar-refractivity contribution in [1.29, 1.82) is 0 Å². The Morgan fingerprint density at radius 2 is 1.71 bits per heavy atom. The van der Waals surface area contributed by atoms with Gasteiger partial charge < -0.3 is 0 Å². The number of halogens is 2. The van der Waals surface area contributed by atoms with Gasteiger partial charge in [0.05, 0.1) is 8.26 Å². The molecule has 0 aliphatic carbocycles. The van der Waals surface area contributed by atoms with Gasteiger partial charge in [0, 0.05) is 0 Å². The van der Waals surface area contributed by atoms with E-state index < -0.39 is 0 Å². The predicted molar refractivity (Wildman–Crippen MR) is 85.4 cm³/mol. The first kappa shape index (κ1) is 13.4. The third-order valence-corrected chi connectivity index (χ3v) is 5.15. The molecule has 3 heteroatoms. The maximum atomic E-state index is 6.61. The molecule has 1 unspecified atom stereocenters. The molecular formula is C14H14ClIS. The van der Waals surface area contributed by atoms with Gasteiger partial charge in [0.15, 0.2) is 0 Å². The van der Waals surface area contributed by atoms with Crippen molar-refractivity contribution in [2.75, 3.05) is 0 Å². The lowest BCUT2D eigenvalue weighted by Gasteiger charge is -2.16. The minimum Gasteiger partial charge on any atom is -0.137 e. The summed E-state index contributed by atoms with van der Waals surface area (Å²) in [5.74, 6) is 0. The van der Waals surface area contributed by atoms with E-state index in [9.17, 15) is 0 Å². The lowest BCUT2D eigenvalue weighted by atomic mass is 9.95. The fourth-order valence-electron chi connectivity index (χ4n) is 2.21. The molecule has 0 fully saturated rings. The first-order valence-electron chi connectivity index (χ1n) is 5.45. The van der Waals surface area contributed by atoms with E-state index in [0.29, 0.717) is 0 Å². The van der Waals surface area contributed by atoms with Gasteiger partial charge in [-0.2, -0.15) is 0 Å². The first-order chi connectivity index (χ1) is 7.99. The summed E-state index contributed by atoms with van der Waals surface area (Å²) in [6, 6.07) is 6.58. The van der Waals surface area contributed by atoms with Crippen molar-refractivity contribution in [2.45, 2.75) is 26.1 Å². The number of thiophene rings is 1. The topological polar surface area (TPSA) is 0 Å². The summed E-state index contributed by atoms with van der Waals surface area (Å²) in [6.07, 6.45) is 0. The van der Waals surface area contributed by atoms with Crippen molar-refractivity contribution >= 4 is 45.5 Å². The van der Waals surface area contributed by atoms with Crippen LogP contribution in [0.15, 0.2) is 23.6 Å². The quantitative estimate of drug-likeness (QED) is 0.472. The Morgan fingerprint density at radius 1 is 1.12 bits per heavy atom. The Morgan fingerprint density at radius 3 is 2.18 bits per heavy atom. The highest BCUT2D eigenvalue weighted by atomic mass is 127. The maximum Gasteiger partial charge on any atom is 0.0848 e. The summed E-state index contributed by atoms with van der Waals surface area (Å²) >= 11 is 10.7. The summed E-state index contributed by atoms with van der Waals surface area (Å²) in [5.41, 5.74) is 6.32. The van der Waals surface area contributed by atoms with Crippen LogP contribution in [-0.2, 0) is 0 Å². The Bertz CT molecular complexity index is 522. The van der Waals surface area contributed by atoms with Crippen LogP contribution < -0.4 is 0 Å². The average Bonchev–Trinajstić information content (AvgIpc) is 2.63. The molecule has 0 aliphatic rings. The second-order valence-corrected chi connectivity index (χ2v) is 7.60. The molecule has 0 bridgehead atoms. The number of benzene rings is 1. The van der Waals surface area contributed by atoms with Crippen molar-refractivity contribution in [1.82, 2.24) is 0 Å². The third-order valence-electron chi connectivity index (χ3n) is 2.87.